The molecular weight excluding hydrogens is 619 g/mol. The summed E-state index contributed by atoms with van der Waals surface area (Å²) >= 11 is 6.17. The molecule has 2 aliphatic heterocycles. The largest absolute Gasteiger partial charge is 0.369 e. The third-order valence-corrected chi connectivity index (χ3v) is 9.40. The fraction of sp³-hybridized carbons (Fsp3) is 0.414. The van der Waals surface area contributed by atoms with E-state index >= 15 is 0 Å². The lowest BCUT2D eigenvalue weighted by Gasteiger charge is -2.34. The highest BCUT2D eigenvalue weighted by atomic mass is 35.5. The van der Waals surface area contributed by atoms with E-state index in [2.05, 4.69) is 15.1 Å². The average Bonchev–Trinajstić information content (AvgIpc) is 3.54. The van der Waals surface area contributed by atoms with Gasteiger partial charge in [-0.1, -0.05) is 17.7 Å². The lowest BCUT2D eigenvalue weighted by molar-refractivity contribution is -0.139. The number of halogens is 3. The molecule has 15 heteroatoms. The van der Waals surface area contributed by atoms with Crippen molar-refractivity contribution in [2.45, 2.75) is 38.6 Å². The number of likely N-dealkylation sites (N-methyl/N-ethyl adjacent to an activating group) is 1. The molecule has 0 unspecified atom stereocenters. The number of rotatable bonds is 8. The molecule has 2 fully saturated rings. The lowest BCUT2D eigenvalue weighted by Crippen LogP contribution is -2.46. The summed E-state index contributed by atoms with van der Waals surface area (Å²) < 4.78 is 42.7. The lowest BCUT2D eigenvalue weighted by atomic mass is 10.1. The van der Waals surface area contributed by atoms with Crippen LogP contribution in [0.3, 0.4) is 0 Å². The molecule has 3 N–H and O–H groups in total. The topological polar surface area (TPSA) is 135 Å². The number of Topliss-reactive ketones (excluding diaryl/α,β-unsaturated/α-hetero) is 1. The fourth-order valence-corrected chi connectivity index (χ4v) is 6.52. The average molecular weight is 652 g/mol. The summed E-state index contributed by atoms with van der Waals surface area (Å²) in [5, 5.41) is 2.64. The summed E-state index contributed by atoms with van der Waals surface area (Å²) in [5.41, 5.74) is 1.35. The maximum atomic E-state index is 14.9. The van der Waals surface area contributed by atoms with Crippen molar-refractivity contribution in [3.63, 3.8) is 0 Å². The predicted octanol–water partition coefficient (Wildman–Crippen LogP) is 2.45. The van der Waals surface area contributed by atoms with Crippen LogP contribution >= 0.6 is 19.2 Å². The Kier molecular flexibility index (Phi) is 9.16. The van der Waals surface area contributed by atoms with Crippen molar-refractivity contribution in [2.24, 2.45) is 0 Å². The summed E-state index contributed by atoms with van der Waals surface area (Å²) in [7, 11) is -2.62. The van der Waals surface area contributed by atoms with Crippen molar-refractivity contribution in [3.05, 3.63) is 58.5 Å². The summed E-state index contributed by atoms with van der Waals surface area (Å²) in [5.74, 6) is -2.30. The van der Waals surface area contributed by atoms with Gasteiger partial charge in [-0.05, 0) is 38.2 Å². The van der Waals surface area contributed by atoms with Crippen LogP contribution < -0.4 is 15.5 Å². The van der Waals surface area contributed by atoms with Gasteiger partial charge in [-0.3, -0.25) is 18.9 Å². The summed E-state index contributed by atoms with van der Waals surface area (Å²) in [6.45, 7) is 3.46. The number of ketones is 1. The molecule has 2 atom stereocenters. The quantitative estimate of drug-likeness (QED) is 0.250. The highest BCUT2D eigenvalue weighted by Crippen LogP contribution is 2.35. The van der Waals surface area contributed by atoms with Crippen LogP contribution in [0.15, 0.2) is 36.5 Å². The Morgan fingerprint density at radius 1 is 1.11 bits per heavy atom. The number of likely N-dealkylation sites (tertiary alicyclic amines) is 1. The Hall–Kier alpha value is -3.35. The Labute approximate surface area is 257 Å². The van der Waals surface area contributed by atoms with Crippen LogP contribution in [0.1, 0.15) is 29.3 Å². The number of amides is 2. The number of benzene rings is 2. The highest BCUT2D eigenvalue weighted by molar-refractivity contribution is 7.60. The van der Waals surface area contributed by atoms with Crippen LogP contribution in [0.4, 0.5) is 14.5 Å². The number of anilines is 1. The highest BCUT2D eigenvalue weighted by Gasteiger charge is 2.40. The standard InChI is InChI=1S/C29H33ClF2N5O6P/c1-17(38)23-15-36(25-12-21(44(41,42)43)3-4-22(23)25)16-27(39)37-14-19(31)10-26(37)29(40)33-13-18-9-20(11-24(30)28(18)32)35-7-5-34(2)6-8-35/h3-4,9,11-12,15,19,26H,5-8,10,13-14,16H2,1-2H3,(H,33,40)(H2,41,42,43)/t19-,26+/m1/s1. The van der Waals surface area contributed by atoms with Crippen molar-refractivity contribution in [3.8, 4) is 0 Å². The predicted molar refractivity (Wildman–Crippen MR) is 162 cm³/mol. The Morgan fingerprint density at radius 2 is 1.82 bits per heavy atom. The molecule has 2 saturated heterocycles. The normalized spacial score (nSPS) is 19.5. The number of nitrogens with one attached hydrogen (secondary N) is 1. The minimum atomic E-state index is -4.63. The minimum absolute atomic E-state index is 0.0852. The SMILES string of the molecule is CC(=O)c1cn(CC(=O)N2C[C@H](F)C[C@H]2C(=O)NCc2cc(N3CCN(C)CC3)cc(Cl)c2F)c2cc(P(=O)(O)O)ccc12. The van der Waals surface area contributed by atoms with Gasteiger partial charge in [-0.25, -0.2) is 8.78 Å². The van der Waals surface area contributed by atoms with Gasteiger partial charge in [0.15, 0.2) is 5.78 Å². The van der Waals surface area contributed by atoms with Gasteiger partial charge in [0.1, 0.15) is 24.6 Å². The second-order valence-electron chi connectivity index (χ2n) is 11.3. The molecule has 2 amide bonds. The van der Waals surface area contributed by atoms with E-state index in [1.54, 1.807) is 12.1 Å². The maximum absolute atomic E-state index is 14.9. The Morgan fingerprint density at radius 3 is 2.48 bits per heavy atom. The summed E-state index contributed by atoms with van der Waals surface area (Å²) in [6.07, 6.45) is -0.334. The van der Waals surface area contributed by atoms with Crippen molar-refractivity contribution < 1.29 is 37.5 Å². The van der Waals surface area contributed by atoms with Crippen LogP contribution in [0.25, 0.3) is 10.9 Å². The third kappa shape index (κ3) is 6.67. The fourth-order valence-electron chi connectivity index (χ4n) is 5.72. The van der Waals surface area contributed by atoms with Gasteiger partial charge in [0.2, 0.25) is 11.8 Å². The molecule has 44 heavy (non-hydrogen) atoms. The van der Waals surface area contributed by atoms with Gasteiger partial charge in [0, 0.05) is 67.5 Å². The number of hydrogen-bond acceptors (Lipinski definition) is 6. The molecule has 0 bridgehead atoms. The van der Waals surface area contributed by atoms with Crippen LogP contribution in [0.5, 0.6) is 0 Å². The van der Waals surface area contributed by atoms with E-state index in [9.17, 15) is 37.5 Å². The molecule has 3 aromatic rings. The van der Waals surface area contributed by atoms with Crippen molar-refractivity contribution in [1.82, 2.24) is 19.7 Å². The van der Waals surface area contributed by atoms with E-state index in [4.69, 9.17) is 11.6 Å². The number of carbonyl (C=O) groups is 3. The first-order valence-corrected chi connectivity index (χ1v) is 16.0. The van der Waals surface area contributed by atoms with Crippen molar-refractivity contribution in [2.75, 3.05) is 44.7 Å². The molecule has 236 valence electrons. The zero-order chi connectivity index (χ0) is 31.9. The van der Waals surface area contributed by atoms with Crippen LogP contribution in [-0.2, 0) is 27.2 Å². The van der Waals surface area contributed by atoms with Crippen molar-refractivity contribution >= 4 is 58.7 Å². The van der Waals surface area contributed by atoms with Gasteiger partial charge < -0.3 is 34.4 Å². The maximum Gasteiger partial charge on any atom is 0.356 e. The molecule has 0 spiro atoms. The van der Waals surface area contributed by atoms with E-state index in [1.807, 2.05) is 7.05 Å². The smallest absolute Gasteiger partial charge is 0.356 e. The van der Waals surface area contributed by atoms with E-state index in [1.165, 1.54) is 35.9 Å². The van der Waals surface area contributed by atoms with Crippen LogP contribution in [0, 0.1) is 5.82 Å². The zero-order valence-corrected chi connectivity index (χ0v) is 25.8. The number of alkyl halides is 1. The number of nitrogens with zero attached hydrogens (tertiary/aromatic N) is 4. The molecule has 11 nitrogen and oxygen atoms in total. The molecule has 2 aliphatic rings. The first-order chi connectivity index (χ1) is 20.7. The van der Waals surface area contributed by atoms with E-state index in [0.717, 1.165) is 36.8 Å². The molecule has 0 radical (unpaired) electrons. The molecule has 2 aromatic carbocycles. The first kappa shape index (κ1) is 32.1. The number of fused-ring (bicyclic) bond motifs is 1. The number of hydrogen-bond donors (Lipinski definition) is 3. The third-order valence-electron chi connectivity index (χ3n) is 8.17. The minimum Gasteiger partial charge on any atom is -0.369 e. The molecule has 5 rings (SSSR count). The van der Waals surface area contributed by atoms with Gasteiger partial charge in [0.25, 0.3) is 0 Å². The first-order valence-electron chi connectivity index (χ1n) is 14.1. The molecule has 1 aromatic heterocycles. The van der Waals surface area contributed by atoms with Gasteiger partial charge in [0.05, 0.1) is 22.4 Å². The molecule has 0 aliphatic carbocycles. The summed E-state index contributed by atoms with van der Waals surface area (Å²) in [6, 6.07) is 5.82. The Bertz CT molecular complexity index is 1670. The van der Waals surface area contributed by atoms with E-state index < -0.39 is 44.0 Å². The second kappa shape index (κ2) is 12.6. The van der Waals surface area contributed by atoms with Gasteiger partial charge >= 0.3 is 7.60 Å². The second-order valence-corrected chi connectivity index (χ2v) is 13.3. The number of piperazine rings is 1. The Balaban J connectivity index is 1.33. The molecule has 0 saturated carbocycles. The van der Waals surface area contributed by atoms with E-state index in [-0.39, 0.29) is 52.3 Å². The zero-order valence-electron chi connectivity index (χ0n) is 24.2. The summed E-state index contributed by atoms with van der Waals surface area (Å²) in [4.78, 5) is 63.5. The van der Waals surface area contributed by atoms with Gasteiger partial charge in [-0.2, -0.15) is 0 Å². The molecule has 3 heterocycles. The van der Waals surface area contributed by atoms with Gasteiger partial charge in [-0.15, -0.1) is 0 Å². The van der Waals surface area contributed by atoms with E-state index in [0.29, 0.717) is 5.39 Å². The number of aromatic nitrogens is 1. The monoisotopic (exact) mass is 651 g/mol. The van der Waals surface area contributed by atoms with Crippen LogP contribution in [0.2, 0.25) is 5.02 Å². The van der Waals surface area contributed by atoms with Crippen LogP contribution in [-0.4, -0.2) is 93.7 Å². The number of carbonyl (C=O) groups excluding carboxylic acids is 3. The molecular formula is C29H33ClF2N5O6P. The van der Waals surface area contributed by atoms with Crippen molar-refractivity contribution in [1.29, 1.82) is 0 Å².